The van der Waals surface area contributed by atoms with E-state index in [1.165, 1.54) is 51.9 Å². The Labute approximate surface area is 233 Å². The predicted octanol–water partition coefficient (Wildman–Crippen LogP) is 7.99. The molecule has 4 aromatic rings. The summed E-state index contributed by atoms with van der Waals surface area (Å²) in [6, 6.07) is 26.7. The van der Waals surface area contributed by atoms with Crippen molar-refractivity contribution < 1.29 is 9.72 Å². The van der Waals surface area contributed by atoms with E-state index in [0.717, 1.165) is 30.6 Å². The van der Waals surface area contributed by atoms with Gasteiger partial charge in [-0.25, -0.2) is 0 Å². The van der Waals surface area contributed by atoms with Gasteiger partial charge in [-0.15, -0.1) is 0 Å². The number of rotatable bonds is 3. The lowest BCUT2D eigenvalue weighted by Gasteiger charge is -2.32. The lowest BCUT2D eigenvalue weighted by Crippen LogP contribution is -2.23. The van der Waals surface area contributed by atoms with Crippen LogP contribution in [0.1, 0.15) is 51.4 Å². The fourth-order valence-corrected chi connectivity index (χ4v) is 5.96. The molecule has 1 atom stereocenters. The molecule has 7 rings (SSSR count). The van der Waals surface area contributed by atoms with Crippen molar-refractivity contribution in [1.82, 2.24) is 0 Å². The molecule has 0 aromatic heterocycles. The first-order chi connectivity index (χ1) is 19.6. The number of nitro groups is 1. The SMILES string of the molecule is C1=CNc2ccccc2N=C1.O=C(c1ccc([N+](=O)[O-])cc1)C1Cc2ccccc2-c2ccc3c(c21)CCCC3. The van der Waals surface area contributed by atoms with E-state index in [1.54, 1.807) is 18.3 Å². The van der Waals surface area contributed by atoms with Crippen molar-refractivity contribution in [2.45, 2.75) is 38.0 Å². The van der Waals surface area contributed by atoms with Crippen LogP contribution in [-0.2, 0) is 19.3 Å². The average Bonchev–Trinajstić information content (AvgIpc) is 3.26. The minimum Gasteiger partial charge on any atom is -0.360 e. The van der Waals surface area contributed by atoms with Gasteiger partial charge in [0.15, 0.2) is 5.78 Å². The van der Waals surface area contributed by atoms with Crippen LogP contribution in [0.15, 0.2) is 102 Å². The average molecular weight is 528 g/mol. The van der Waals surface area contributed by atoms with Crippen LogP contribution in [0.3, 0.4) is 0 Å². The summed E-state index contributed by atoms with van der Waals surface area (Å²) in [4.78, 5) is 28.3. The van der Waals surface area contributed by atoms with Gasteiger partial charge in [-0.05, 0) is 95.8 Å². The molecular weight excluding hydrogens is 498 g/mol. The molecule has 6 nitrogen and oxygen atoms in total. The minimum atomic E-state index is -0.434. The number of nitrogens with zero attached hydrogens (tertiary/aromatic N) is 2. The Morgan fingerprint density at radius 1 is 0.850 bits per heavy atom. The van der Waals surface area contributed by atoms with Crippen molar-refractivity contribution in [2.75, 3.05) is 5.32 Å². The van der Waals surface area contributed by atoms with Crippen molar-refractivity contribution in [1.29, 1.82) is 0 Å². The number of aliphatic imine (C=N–C) groups is 1. The van der Waals surface area contributed by atoms with Gasteiger partial charge in [0, 0.05) is 30.1 Å². The number of non-ortho nitro benzene ring substituents is 1. The van der Waals surface area contributed by atoms with Gasteiger partial charge in [0.05, 0.1) is 22.2 Å². The molecule has 0 amide bonds. The Balaban J connectivity index is 0.000000219. The quantitative estimate of drug-likeness (QED) is 0.166. The number of anilines is 1. The normalized spacial score (nSPS) is 16.1. The Morgan fingerprint density at radius 3 is 2.48 bits per heavy atom. The second-order valence-electron chi connectivity index (χ2n) is 10.3. The van der Waals surface area contributed by atoms with Gasteiger partial charge in [0.25, 0.3) is 5.69 Å². The molecule has 0 fully saturated rings. The zero-order valence-electron chi connectivity index (χ0n) is 22.0. The van der Waals surface area contributed by atoms with Gasteiger partial charge >= 0.3 is 0 Å². The first kappa shape index (κ1) is 25.4. The highest BCUT2D eigenvalue weighted by atomic mass is 16.6. The summed E-state index contributed by atoms with van der Waals surface area (Å²) in [7, 11) is 0. The molecule has 40 heavy (non-hydrogen) atoms. The molecule has 198 valence electrons. The number of carbonyl (C=O) groups is 1. The second kappa shape index (κ2) is 11.1. The van der Waals surface area contributed by atoms with Crippen LogP contribution < -0.4 is 5.32 Å². The van der Waals surface area contributed by atoms with E-state index >= 15 is 0 Å². The molecule has 2 aliphatic carbocycles. The van der Waals surface area contributed by atoms with Crippen LogP contribution in [0.4, 0.5) is 17.1 Å². The molecule has 3 aliphatic rings. The van der Waals surface area contributed by atoms with Gasteiger partial charge in [0.2, 0.25) is 0 Å². The summed E-state index contributed by atoms with van der Waals surface area (Å²) in [6.45, 7) is 0. The largest absolute Gasteiger partial charge is 0.360 e. The number of hydrogen-bond acceptors (Lipinski definition) is 5. The van der Waals surface area contributed by atoms with Crippen LogP contribution in [0.5, 0.6) is 0 Å². The number of carbonyl (C=O) groups excluding carboxylic acids is 1. The van der Waals surface area contributed by atoms with Crippen LogP contribution in [0.2, 0.25) is 0 Å². The van der Waals surface area contributed by atoms with Gasteiger partial charge in [0.1, 0.15) is 0 Å². The van der Waals surface area contributed by atoms with Gasteiger partial charge in [-0.2, -0.15) is 0 Å². The van der Waals surface area contributed by atoms with E-state index in [2.05, 4.69) is 40.6 Å². The Kier molecular flexibility index (Phi) is 7.06. The molecule has 0 bridgehead atoms. The van der Waals surface area contributed by atoms with E-state index in [9.17, 15) is 14.9 Å². The molecule has 0 radical (unpaired) electrons. The maximum atomic E-state index is 13.6. The second-order valence-corrected chi connectivity index (χ2v) is 10.3. The lowest BCUT2D eigenvalue weighted by atomic mass is 9.71. The van der Waals surface area contributed by atoms with E-state index < -0.39 is 4.92 Å². The molecule has 1 heterocycles. The van der Waals surface area contributed by atoms with Crippen LogP contribution in [-0.4, -0.2) is 16.9 Å². The molecule has 6 heteroatoms. The van der Waals surface area contributed by atoms with E-state index in [-0.39, 0.29) is 17.4 Å². The number of hydrogen-bond donors (Lipinski definition) is 1. The number of ketones is 1. The monoisotopic (exact) mass is 527 g/mol. The number of Topliss-reactive ketones (excluding diaryl/α,β-unsaturated/α-hetero) is 1. The minimum absolute atomic E-state index is 0.00770. The molecule has 0 spiro atoms. The standard InChI is InChI=1S/C25H21NO3.C9H8N2/c27-25(17-9-12-19(13-10-17)26(28)29)23-15-18-6-2-3-7-20(18)22-14-11-16-5-1-4-8-21(16)24(22)23;1-2-5-9-8(4-1)10-6-3-7-11-9/h2-3,6-7,9-14,23H,1,4-5,8,15H2;1-7,10H. The highest BCUT2D eigenvalue weighted by Gasteiger charge is 2.33. The molecule has 4 aromatic carbocycles. The molecule has 0 saturated carbocycles. The first-order valence-electron chi connectivity index (χ1n) is 13.7. The van der Waals surface area contributed by atoms with Gasteiger partial charge in [-0.1, -0.05) is 48.5 Å². The van der Waals surface area contributed by atoms with Crippen molar-refractivity contribution in [2.24, 2.45) is 4.99 Å². The highest BCUT2D eigenvalue weighted by Crippen LogP contribution is 2.45. The maximum absolute atomic E-state index is 13.6. The first-order valence-corrected chi connectivity index (χ1v) is 13.7. The van der Waals surface area contributed by atoms with Crippen molar-refractivity contribution in [3.63, 3.8) is 0 Å². The van der Waals surface area contributed by atoms with Crippen molar-refractivity contribution >= 4 is 29.1 Å². The topological polar surface area (TPSA) is 84.6 Å². The number of benzene rings is 4. The summed E-state index contributed by atoms with van der Waals surface area (Å²) >= 11 is 0. The Morgan fingerprint density at radius 2 is 1.62 bits per heavy atom. The third-order valence-corrected chi connectivity index (χ3v) is 7.87. The number of aryl methyl sites for hydroxylation is 1. The molecule has 1 unspecified atom stereocenters. The van der Waals surface area contributed by atoms with E-state index in [4.69, 9.17) is 0 Å². The fraction of sp³-hybridized carbons (Fsp3) is 0.176. The summed E-state index contributed by atoms with van der Waals surface area (Å²) in [5, 5.41) is 14.1. The third-order valence-electron chi connectivity index (χ3n) is 7.87. The maximum Gasteiger partial charge on any atom is 0.269 e. The number of allylic oxidation sites excluding steroid dienone is 1. The van der Waals surface area contributed by atoms with Gasteiger partial charge < -0.3 is 5.32 Å². The predicted molar refractivity (Wildman–Crippen MR) is 160 cm³/mol. The zero-order valence-corrected chi connectivity index (χ0v) is 22.0. The molecular formula is C34H29N3O3. The summed E-state index contributed by atoms with van der Waals surface area (Å²) < 4.78 is 0. The summed E-state index contributed by atoms with van der Waals surface area (Å²) in [6.07, 6.45) is 10.6. The number of nitrogens with one attached hydrogen (secondary N) is 1. The van der Waals surface area contributed by atoms with Crippen molar-refractivity contribution in [3.8, 4) is 11.1 Å². The van der Waals surface area contributed by atoms with E-state index in [0.29, 0.717) is 12.0 Å². The molecule has 1 aliphatic heterocycles. The van der Waals surface area contributed by atoms with Gasteiger partial charge in [-0.3, -0.25) is 19.9 Å². The lowest BCUT2D eigenvalue weighted by molar-refractivity contribution is -0.384. The number of nitro benzene ring substituents is 1. The molecule has 0 saturated heterocycles. The Bertz CT molecular complexity index is 1650. The summed E-state index contributed by atoms with van der Waals surface area (Å²) in [5.74, 6) is -0.191. The number of fused-ring (bicyclic) bond motifs is 6. The fourth-order valence-electron chi connectivity index (χ4n) is 5.96. The molecule has 1 N–H and O–H groups in total. The van der Waals surface area contributed by atoms with E-state index in [1.807, 2.05) is 42.6 Å². The van der Waals surface area contributed by atoms with Crippen LogP contribution >= 0.6 is 0 Å². The van der Waals surface area contributed by atoms with Crippen LogP contribution in [0, 0.1) is 10.1 Å². The Hall–Kier alpha value is -4.84. The van der Waals surface area contributed by atoms with Crippen LogP contribution in [0.25, 0.3) is 11.1 Å². The zero-order chi connectivity index (χ0) is 27.5. The summed E-state index contributed by atoms with van der Waals surface area (Å²) in [5.41, 5.74) is 10.1. The third kappa shape index (κ3) is 4.96. The number of para-hydroxylation sites is 2. The van der Waals surface area contributed by atoms with Crippen molar-refractivity contribution in [3.05, 3.63) is 135 Å². The highest BCUT2D eigenvalue weighted by molar-refractivity contribution is 6.03. The smallest absolute Gasteiger partial charge is 0.269 e.